The summed E-state index contributed by atoms with van der Waals surface area (Å²) in [4.78, 5) is 19.1. The third kappa shape index (κ3) is 2.46. The smallest absolute Gasteiger partial charge is 0.258 e. The lowest BCUT2D eigenvalue weighted by Crippen LogP contribution is -2.20. The summed E-state index contributed by atoms with van der Waals surface area (Å²) in [5.74, 6) is 0.635. The van der Waals surface area contributed by atoms with Gasteiger partial charge < -0.3 is 10.3 Å². The Morgan fingerprint density at radius 2 is 2.10 bits per heavy atom. The second-order valence-corrected chi connectivity index (χ2v) is 4.58. The molecule has 0 aliphatic carbocycles. The highest BCUT2D eigenvalue weighted by molar-refractivity contribution is 5.77. The minimum Gasteiger partial charge on any atom is -0.309 e. The molecule has 0 radical (unpaired) electrons. The Bertz CT molecular complexity index is 789. The average molecular weight is 269 g/mol. The number of benzene rings is 1. The van der Waals surface area contributed by atoms with Gasteiger partial charge in [-0.1, -0.05) is 12.1 Å². The highest BCUT2D eigenvalue weighted by Gasteiger charge is 2.03. The van der Waals surface area contributed by atoms with Crippen molar-refractivity contribution in [2.75, 3.05) is 0 Å². The molecule has 2 heterocycles. The number of aromatic amines is 1. The SMILES string of the molecule is Cn1nccc1CNCc1nc2ccccc2c(=O)[nH]1. The molecule has 20 heavy (non-hydrogen) atoms. The third-order valence-corrected chi connectivity index (χ3v) is 3.18. The number of aryl methyl sites for hydroxylation is 1. The zero-order valence-corrected chi connectivity index (χ0v) is 11.1. The molecule has 0 atom stereocenters. The van der Waals surface area contributed by atoms with Gasteiger partial charge in [-0.15, -0.1) is 0 Å². The Kier molecular flexibility index (Phi) is 3.30. The summed E-state index contributed by atoms with van der Waals surface area (Å²) in [6, 6.07) is 9.27. The summed E-state index contributed by atoms with van der Waals surface area (Å²) in [5, 5.41) is 7.96. The van der Waals surface area contributed by atoms with E-state index in [-0.39, 0.29) is 5.56 Å². The van der Waals surface area contributed by atoms with Crippen LogP contribution in [0.4, 0.5) is 0 Å². The van der Waals surface area contributed by atoms with Gasteiger partial charge in [0.15, 0.2) is 0 Å². The Morgan fingerprint density at radius 1 is 1.25 bits per heavy atom. The van der Waals surface area contributed by atoms with E-state index in [0.717, 1.165) is 5.69 Å². The van der Waals surface area contributed by atoms with Crippen molar-refractivity contribution in [2.45, 2.75) is 13.1 Å². The highest BCUT2D eigenvalue weighted by Crippen LogP contribution is 2.05. The summed E-state index contributed by atoms with van der Waals surface area (Å²) in [7, 11) is 1.90. The molecule has 0 aliphatic heterocycles. The van der Waals surface area contributed by atoms with Crippen molar-refractivity contribution in [3.8, 4) is 0 Å². The van der Waals surface area contributed by atoms with Crippen LogP contribution in [0.5, 0.6) is 0 Å². The minimum absolute atomic E-state index is 0.104. The fraction of sp³-hybridized carbons (Fsp3) is 0.214. The zero-order valence-electron chi connectivity index (χ0n) is 11.1. The largest absolute Gasteiger partial charge is 0.309 e. The molecule has 102 valence electrons. The normalized spacial score (nSPS) is 11.1. The maximum Gasteiger partial charge on any atom is 0.258 e. The predicted octanol–water partition coefficient (Wildman–Crippen LogP) is 0.946. The van der Waals surface area contributed by atoms with Crippen molar-refractivity contribution >= 4 is 10.9 Å². The maximum atomic E-state index is 11.9. The third-order valence-electron chi connectivity index (χ3n) is 3.18. The second-order valence-electron chi connectivity index (χ2n) is 4.58. The van der Waals surface area contributed by atoms with Crippen LogP contribution >= 0.6 is 0 Å². The van der Waals surface area contributed by atoms with Gasteiger partial charge in [-0.2, -0.15) is 5.10 Å². The van der Waals surface area contributed by atoms with E-state index in [0.29, 0.717) is 29.8 Å². The first-order chi connectivity index (χ1) is 9.74. The van der Waals surface area contributed by atoms with Gasteiger partial charge in [0.2, 0.25) is 0 Å². The molecular formula is C14H15N5O. The first kappa shape index (κ1) is 12.6. The monoisotopic (exact) mass is 269 g/mol. The van der Waals surface area contributed by atoms with Gasteiger partial charge in [0, 0.05) is 19.8 Å². The van der Waals surface area contributed by atoms with Crippen molar-refractivity contribution < 1.29 is 0 Å². The van der Waals surface area contributed by atoms with Crippen molar-refractivity contribution in [2.24, 2.45) is 7.05 Å². The summed E-state index contributed by atoms with van der Waals surface area (Å²) in [6.07, 6.45) is 1.76. The van der Waals surface area contributed by atoms with Gasteiger partial charge in [-0.3, -0.25) is 9.48 Å². The van der Waals surface area contributed by atoms with Crippen LogP contribution in [-0.4, -0.2) is 19.7 Å². The molecule has 3 aromatic rings. The maximum absolute atomic E-state index is 11.9. The summed E-state index contributed by atoms with van der Waals surface area (Å²) in [5.41, 5.74) is 1.69. The molecule has 1 aromatic carbocycles. The molecule has 2 aromatic heterocycles. The van der Waals surface area contributed by atoms with E-state index >= 15 is 0 Å². The van der Waals surface area contributed by atoms with E-state index in [1.807, 2.05) is 36.0 Å². The van der Waals surface area contributed by atoms with Gasteiger partial charge in [-0.25, -0.2) is 4.98 Å². The van der Waals surface area contributed by atoms with E-state index in [2.05, 4.69) is 20.4 Å². The zero-order chi connectivity index (χ0) is 13.9. The van der Waals surface area contributed by atoms with Crippen LogP contribution in [0.2, 0.25) is 0 Å². The molecule has 0 fully saturated rings. The summed E-state index contributed by atoms with van der Waals surface area (Å²) >= 11 is 0. The summed E-state index contributed by atoms with van der Waals surface area (Å²) < 4.78 is 1.81. The quantitative estimate of drug-likeness (QED) is 0.739. The standard InChI is InChI=1S/C14H15N5O/c1-19-10(6-7-16-19)8-15-9-13-17-12-5-3-2-4-11(12)14(20)18-13/h2-7,15H,8-9H2,1H3,(H,17,18,20). The first-order valence-electron chi connectivity index (χ1n) is 6.39. The molecule has 0 bridgehead atoms. The number of nitrogens with one attached hydrogen (secondary N) is 2. The lowest BCUT2D eigenvalue weighted by molar-refractivity contribution is 0.612. The molecule has 0 unspecified atom stereocenters. The molecule has 0 amide bonds. The van der Waals surface area contributed by atoms with E-state index in [4.69, 9.17) is 0 Å². The molecule has 6 heteroatoms. The van der Waals surface area contributed by atoms with Crippen LogP contribution in [0.3, 0.4) is 0 Å². The van der Waals surface area contributed by atoms with Crippen LogP contribution in [-0.2, 0) is 20.1 Å². The first-order valence-corrected chi connectivity index (χ1v) is 6.39. The fourth-order valence-corrected chi connectivity index (χ4v) is 2.10. The predicted molar refractivity (Wildman–Crippen MR) is 76.1 cm³/mol. The molecule has 0 spiro atoms. The van der Waals surface area contributed by atoms with Crippen LogP contribution in [0, 0.1) is 0 Å². The highest BCUT2D eigenvalue weighted by atomic mass is 16.1. The number of hydrogen-bond acceptors (Lipinski definition) is 4. The van der Waals surface area contributed by atoms with Crippen molar-refractivity contribution in [3.05, 3.63) is 58.4 Å². The van der Waals surface area contributed by atoms with Crippen LogP contribution in [0.25, 0.3) is 10.9 Å². The number of H-pyrrole nitrogens is 1. The number of aromatic nitrogens is 4. The minimum atomic E-state index is -0.104. The van der Waals surface area contributed by atoms with E-state index in [1.165, 1.54) is 0 Å². The van der Waals surface area contributed by atoms with E-state index in [9.17, 15) is 4.79 Å². The molecule has 6 nitrogen and oxygen atoms in total. The van der Waals surface area contributed by atoms with E-state index < -0.39 is 0 Å². The van der Waals surface area contributed by atoms with Gasteiger partial charge >= 0.3 is 0 Å². The Labute approximate surface area is 115 Å². The number of rotatable bonds is 4. The number of para-hydroxylation sites is 1. The molecule has 2 N–H and O–H groups in total. The topological polar surface area (TPSA) is 75.6 Å². The van der Waals surface area contributed by atoms with Crippen molar-refractivity contribution in [3.63, 3.8) is 0 Å². The molecule has 0 aliphatic rings. The van der Waals surface area contributed by atoms with Gasteiger partial charge in [-0.05, 0) is 18.2 Å². The van der Waals surface area contributed by atoms with Crippen molar-refractivity contribution in [1.29, 1.82) is 0 Å². The van der Waals surface area contributed by atoms with Gasteiger partial charge in [0.25, 0.3) is 5.56 Å². The molecule has 0 saturated heterocycles. The summed E-state index contributed by atoms with van der Waals surface area (Å²) in [6.45, 7) is 1.18. The average Bonchev–Trinajstić information content (AvgIpc) is 2.85. The van der Waals surface area contributed by atoms with Crippen LogP contribution in [0.1, 0.15) is 11.5 Å². The van der Waals surface area contributed by atoms with E-state index in [1.54, 1.807) is 12.3 Å². The van der Waals surface area contributed by atoms with Crippen LogP contribution < -0.4 is 10.9 Å². The van der Waals surface area contributed by atoms with Crippen molar-refractivity contribution in [1.82, 2.24) is 25.1 Å². The van der Waals surface area contributed by atoms with Crippen LogP contribution in [0.15, 0.2) is 41.3 Å². The number of hydrogen-bond donors (Lipinski definition) is 2. The lowest BCUT2D eigenvalue weighted by atomic mass is 10.2. The molecule has 3 rings (SSSR count). The number of nitrogens with zero attached hydrogens (tertiary/aromatic N) is 3. The Morgan fingerprint density at radius 3 is 2.90 bits per heavy atom. The van der Waals surface area contributed by atoms with Gasteiger partial charge in [0.1, 0.15) is 5.82 Å². The molecular weight excluding hydrogens is 254 g/mol. The number of fused-ring (bicyclic) bond motifs is 1. The Balaban J connectivity index is 1.75. The Hall–Kier alpha value is -2.47. The second kappa shape index (κ2) is 5.26. The lowest BCUT2D eigenvalue weighted by Gasteiger charge is -2.05. The van der Waals surface area contributed by atoms with Gasteiger partial charge in [0.05, 0.1) is 23.1 Å². The fourth-order valence-electron chi connectivity index (χ4n) is 2.10. The molecule has 0 saturated carbocycles.